The lowest BCUT2D eigenvalue weighted by molar-refractivity contribution is -0.108. The molecule has 0 unspecified atom stereocenters. The number of anilines is 1. The van der Waals surface area contributed by atoms with E-state index in [1.54, 1.807) is 34.6 Å². The van der Waals surface area contributed by atoms with Crippen LogP contribution in [0.3, 0.4) is 0 Å². The Kier molecular flexibility index (Phi) is 6.83. The first kappa shape index (κ1) is 27.0. The second kappa shape index (κ2) is 10.4. The Morgan fingerprint density at radius 1 is 1.24 bits per heavy atom. The number of aliphatic imine (C=N–C) groups is 1. The van der Waals surface area contributed by atoms with Crippen LogP contribution >= 0.6 is 0 Å². The van der Waals surface area contributed by atoms with E-state index in [4.69, 9.17) is 15.5 Å². The first-order valence-corrected chi connectivity index (χ1v) is 14.1. The Balaban J connectivity index is 1.08. The molecule has 11 heteroatoms. The van der Waals surface area contributed by atoms with Crippen LogP contribution in [0.4, 0.5) is 10.1 Å². The molecule has 2 aromatic carbocycles. The van der Waals surface area contributed by atoms with E-state index >= 15 is 0 Å². The van der Waals surface area contributed by atoms with Crippen molar-refractivity contribution >= 4 is 28.9 Å². The van der Waals surface area contributed by atoms with Gasteiger partial charge >= 0.3 is 0 Å². The van der Waals surface area contributed by atoms with Crippen LogP contribution in [0.25, 0.3) is 10.9 Å². The van der Waals surface area contributed by atoms with Gasteiger partial charge in [0.1, 0.15) is 24.6 Å². The molecule has 1 aliphatic heterocycles. The van der Waals surface area contributed by atoms with Crippen molar-refractivity contribution in [2.75, 3.05) is 18.8 Å². The Hall–Kier alpha value is -4.15. The Bertz CT molecular complexity index is 1580. The van der Waals surface area contributed by atoms with Crippen molar-refractivity contribution in [3.63, 3.8) is 0 Å². The van der Waals surface area contributed by atoms with Gasteiger partial charge in [0.25, 0.3) is 5.56 Å². The van der Waals surface area contributed by atoms with Crippen molar-refractivity contribution in [1.29, 1.82) is 0 Å². The molecule has 2 bridgehead atoms. The van der Waals surface area contributed by atoms with Crippen LogP contribution in [-0.4, -0.2) is 46.7 Å². The van der Waals surface area contributed by atoms with Crippen LogP contribution in [0.2, 0.25) is 0 Å². The molecule has 3 aliphatic carbocycles. The minimum absolute atomic E-state index is 0.175. The fourth-order valence-corrected chi connectivity index (χ4v) is 6.77. The zero-order valence-electron chi connectivity index (χ0n) is 23.9. The van der Waals surface area contributed by atoms with Gasteiger partial charge in [-0.2, -0.15) is 5.10 Å². The van der Waals surface area contributed by atoms with Crippen molar-refractivity contribution in [3.05, 3.63) is 64.5 Å². The number of guanidine groups is 1. The number of aromatic nitrogens is 2. The van der Waals surface area contributed by atoms with Gasteiger partial charge < -0.3 is 10.5 Å². The first-order chi connectivity index (χ1) is 19.6. The number of nitrogens with two attached hydrogens (primary N) is 1. The van der Waals surface area contributed by atoms with Gasteiger partial charge in [0.2, 0.25) is 5.96 Å². The van der Waals surface area contributed by atoms with E-state index in [0.717, 1.165) is 18.0 Å². The fraction of sp³-hybridized carbons (Fsp3) is 0.467. The number of hydrogen-bond donors (Lipinski definition) is 2. The maximum atomic E-state index is 14.3. The van der Waals surface area contributed by atoms with E-state index < -0.39 is 0 Å². The molecule has 10 nitrogen and oxygen atoms in total. The second-order valence-corrected chi connectivity index (χ2v) is 12.0. The summed E-state index contributed by atoms with van der Waals surface area (Å²) in [4.78, 5) is 22.4. The number of hydrazone groups is 1. The Morgan fingerprint density at radius 2 is 2.07 bits per heavy atom. The number of hydrogen-bond acceptors (Lipinski definition) is 7. The molecule has 3 aromatic rings. The summed E-state index contributed by atoms with van der Waals surface area (Å²) < 4.78 is 20.9. The highest BCUT2D eigenvalue weighted by molar-refractivity contribution is 5.83. The van der Waals surface area contributed by atoms with Crippen molar-refractivity contribution in [3.8, 4) is 5.75 Å². The second-order valence-electron chi connectivity index (χ2n) is 12.0. The van der Waals surface area contributed by atoms with Crippen LogP contribution in [0.1, 0.15) is 39.2 Å². The molecule has 0 saturated heterocycles. The third-order valence-electron chi connectivity index (χ3n) is 9.48. The van der Waals surface area contributed by atoms with Gasteiger partial charge in [0.15, 0.2) is 0 Å². The summed E-state index contributed by atoms with van der Waals surface area (Å²) in [5.41, 5.74) is 11.6. The minimum Gasteiger partial charge on any atom is -0.497 e. The lowest BCUT2D eigenvalue weighted by Crippen LogP contribution is -2.57. The quantitative estimate of drug-likeness (QED) is 0.335. The predicted octanol–water partition coefficient (Wildman–Crippen LogP) is 3.70. The highest BCUT2D eigenvalue weighted by atomic mass is 19.1. The molecule has 0 amide bonds. The van der Waals surface area contributed by atoms with Crippen molar-refractivity contribution in [2.45, 2.75) is 52.6 Å². The number of fused-ring (bicyclic) bond motifs is 3. The first-order valence-electron chi connectivity index (χ1n) is 14.1. The van der Waals surface area contributed by atoms with Crippen LogP contribution in [0.15, 0.2) is 57.6 Å². The zero-order valence-corrected chi connectivity index (χ0v) is 23.9. The standard InChI is InChI=1S/C30H37FN8O2/c1-18-24-11-20(30(24,2)3)12-26(18)35-29(32)36-38-16-34-39(17-38)21-6-8-23-27(13-21)33-15-37(28(23)40)10-9-19-5-7-22(41-4)14-25(19)31/h5-8,13-16,18,20,24,26H,9-12,17H2,1-4H3,(H3,32,35,36)/t18-,20-,24+,26-/m0/s1. The van der Waals surface area contributed by atoms with Crippen LogP contribution < -0.4 is 26.5 Å². The van der Waals surface area contributed by atoms with Crippen LogP contribution in [0.5, 0.6) is 5.75 Å². The number of ether oxygens (including phenoxy) is 1. The molecular weight excluding hydrogens is 523 g/mol. The molecule has 1 aromatic heterocycles. The highest BCUT2D eigenvalue weighted by Gasteiger charge is 2.56. The number of rotatable bonds is 7. The van der Waals surface area contributed by atoms with Gasteiger partial charge in [-0.3, -0.25) is 19.8 Å². The lowest BCUT2D eigenvalue weighted by Gasteiger charge is -2.61. The number of methoxy groups -OCH3 is 1. The molecule has 216 valence electrons. The van der Waals surface area contributed by atoms with E-state index in [2.05, 4.69) is 36.3 Å². The summed E-state index contributed by atoms with van der Waals surface area (Å²) in [6.07, 6.45) is 5.92. The van der Waals surface area contributed by atoms with Gasteiger partial charge in [0, 0.05) is 12.6 Å². The molecule has 4 aliphatic rings. The number of hydrazine groups is 1. The van der Waals surface area contributed by atoms with Gasteiger partial charge in [-0.15, -0.1) is 0 Å². The third-order valence-corrected chi connectivity index (χ3v) is 9.48. The van der Waals surface area contributed by atoms with Gasteiger partial charge in [-0.25, -0.2) is 19.4 Å². The summed E-state index contributed by atoms with van der Waals surface area (Å²) in [5, 5.41) is 8.54. The van der Waals surface area contributed by atoms with E-state index in [-0.39, 0.29) is 17.4 Å². The molecule has 4 atom stereocenters. The highest BCUT2D eigenvalue weighted by Crippen LogP contribution is 2.61. The third kappa shape index (κ3) is 4.98. The normalized spacial score (nSPS) is 25.0. The van der Waals surface area contributed by atoms with E-state index in [1.807, 2.05) is 12.1 Å². The summed E-state index contributed by atoms with van der Waals surface area (Å²) in [6, 6.07) is 10.4. The summed E-state index contributed by atoms with van der Waals surface area (Å²) in [5.74, 6) is 2.42. The Labute approximate surface area is 238 Å². The maximum absolute atomic E-state index is 14.3. The average Bonchev–Trinajstić information content (AvgIpc) is 3.42. The number of benzene rings is 2. The topological polar surface area (TPSA) is 113 Å². The molecule has 3 N–H and O–H groups in total. The smallest absolute Gasteiger partial charge is 0.261 e. The Morgan fingerprint density at radius 3 is 2.80 bits per heavy atom. The molecule has 3 fully saturated rings. The van der Waals surface area contributed by atoms with Crippen LogP contribution in [-0.2, 0) is 13.0 Å². The fourth-order valence-electron chi connectivity index (χ4n) is 6.77. The van der Waals surface area contributed by atoms with Gasteiger partial charge in [-0.1, -0.05) is 26.8 Å². The maximum Gasteiger partial charge on any atom is 0.261 e. The summed E-state index contributed by atoms with van der Waals surface area (Å²) in [7, 11) is 1.50. The van der Waals surface area contributed by atoms with Crippen molar-refractivity contribution in [2.24, 2.45) is 39.0 Å². The predicted molar refractivity (Wildman–Crippen MR) is 158 cm³/mol. The van der Waals surface area contributed by atoms with Gasteiger partial charge in [-0.05, 0) is 72.3 Å². The SMILES string of the molecule is COc1ccc(CCn2cnc3cc(N4CN(NC(N)=N[C@H]5C[C@@H]6C[C@H]([C@@H]5C)C6(C)C)C=N4)ccc3c2=O)c(F)c1. The summed E-state index contributed by atoms with van der Waals surface area (Å²) in [6.45, 7) is 7.79. The number of halogens is 1. The molecule has 2 heterocycles. The summed E-state index contributed by atoms with van der Waals surface area (Å²) >= 11 is 0. The molecular formula is C30H37FN8O2. The monoisotopic (exact) mass is 560 g/mol. The van der Waals surface area contributed by atoms with E-state index in [9.17, 15) is 9.18 Å². The zero-order chi connectivity index (χ0) is 28.9. The largest absolute Gasteiger partial charge is 0.497 e. The van der Waals surface area contributed by atoms with E-state index in [1.165, 1.54) is 30.5 Å². The molecule has 41 heavy (non-hydrogen) atoms. The lowest BCUT2D eigenvalue weighted by atomic mass is 9.45. The number of aryl methyl sites for hydroxylation is 2. The molecule has 0 spiro atoms. The number of nitrogens with zero attached hydrogens (tertiary/aromatic N) is 6. The molecule has 0 radical (unpaired) electrons. The molecule has 3 saturated carbocycles. The average molecular weight is 561 g/mol. The van der Waals surface area contributed by atoms with Crippen LogP contribution in [0, 0.1) is 29.0 Å². The van der Waals surface area contributed by atoms with Crippen molar-refractivity contribution < 1.29 is 9.13 Å². The molecule has 7 rings (SSSR count). The van der Waals surface area contributed by atoms with E-state index in [0.29, 0.717) is 65.1 Å². The van der Waals surface area contributed by atoms with Gasteiger partial charge in [0.05, 0.1) is 36.1 Å². The minimum atomic E-state index is -0.359. The number of nitrogens with one attached hydrogen (secondary N) is 1. The van der Waals surface area contributed by atoms with Crippen molar-refractivity contribution in [1.82, 2.24) is 20.0 Å².